The van der Waals surface area contributed by atoms with E-state index in [-0.39, 0.29) is 0 Å². The van der Waals surface area contributed by atoms with Gasteiger partial charge < -0.3 is 5.32 Å². The number of hydrogen-bond donors (Lipinski definition) is 1. The van der Waals surface area contributed by atoms with Crippen molar-refractivity contribution in [3.05, 3.63) is 0 Å². The maximum absolute atomic E-state index is 12.1. The molecule has 0 saturated carbocycles. The molecule has 0 unspecified atom stereocenters. The van der Waals surface area contributed by atoms with Gasteiger partial charge in [-0.25, -0.2) is 12.7 Å². The lowest BCUT2D eigenvalue weighted by Crippen LogP contribution is -2.40. The molecule has 1 aliphatic heterocycles. The largest absolute Gasteiger partial charge is 0.320 e. The Kier molecular flexibility index (Phi) is 6.60. The quantitative estimate of drug-likeness (QED) is 0.770. The third kappa shape index (κ3) is 5.24. The average molecular weight is 276 g/mol. The highest BCUT2D eigenvalue weighted by Crippen LogP contribution is 2.22. The topological polar surface area (TPSA) is 49.4 Å². The van der Waals surface area contributed by atoms with Crippen LogP contribution in [0, 0.1) is 11.8 Å². The zero-order valence-electron chi connectivity index (χ0n) is 12.0. The molecule has 1 fully saturated rings. The Labute approximate surface area is 112 Å². The predicted molar refractivity (Wildman–Crippen MR) is 76.1 cm³/mol. The number of piperidine rings is 1. The van der Waals surface area contributed by atoms with Crippen molar-refractivity contribution in [1.29, 1.82) is 0 Å². The minimum absolute atomic E-state index is 0.311. The molecule has 1 N–H and O–H groups in total. The molecule has 5 heteroatoms. The van der Waals surface area contributed by atoms with Gasteiger partial charge in [0.2, 0.25) is 10.0 Å². The lowest BCUT2D eigenvalue weighted by molar-refractivity contribution is 0.262. The second-order valence-electron chi connectivity index (χ2n) is 5.73. The highest BCUT2D eigenvalue weighted by Gasteiger charge is 2.27. The van der Waals surface area contributed by atoms with E-state index in [1.165, 1.54) is 0 Å². The van der Waals surface area contributed by atoms with Crippen LogP contribution in [0.1, 0.15) is 39.5 Å². The maximum Gasteiger partial charge on any atom is 0.214 e. The van der Waals surface area contributed by atoms with Crippen LogP contribution in [0.3, 0.4) is 0 Å². The molecule has 0 aromatic rings. The normalized spacial score (nSPS) is 19.6. The fraction of sp³-hybridized carbons (Fsp3) is 1.00. The maximum atomic E-state index is 12.1. The van der Waals surface area contributed by atoms with Crippen molar-refractivity contribution >= 4 is 10.0 Å². The van der Waals surface area contributed by atoms with Crippen LogP contribution in [0.2, 0.25) is 0 Å². The third-order valence-electron chi connectivity index (χ3n) is 3.72. The third-order valence-corrected chi connectivity index (χ3v) is 5.63. The second kappa shape index (κ2) is 7.46. The summed E-state index contributed by atoms with van der Waals surface area (Å²) >= 11 is 0. The highest BCUT2D eigenvalue weighted by molar-refractivity contribution is 7.89. The van der Waals surface area contributed by atoms with Crippen LogP contribution in [0.4, 0.5) is 0 Å². The zero-order valence-corrected chi connectivity index (χ0v) is 12.8. The molecule has 108 valence electrons. The van der Waals surface area contributed by atoms with Crippen LogP contribution >= 0.6 is 0 Å². The second-order valence-corrected chi connectivity index (χ2v) is 7.82. The molecule has 0 amide bonds. The molecule has 18 heavy (non-hydrogen) atoms. The lowest BCUT2D eigenvalue weighted by atomic mass is 9.95. The van der Waals surface area contributed by atoms with Crippen molar-refractivity contribution in [3.8, 4) is 0 Å². The predicted octanol–water partition coefficient (Wildman–Crippen LogP) is 1.68. The summed E-state index contributed by atoms with van der Waals surface area (Å²) in [7, 11) is -1.04. The van der Waals surface area contributed by atoms with Crippen molar-refractivity contribution in [2.45, 2.75) is 39.5 Å². The van der Waals surface area contributed by atoms with E-state index in [9.17, 15) is 8.42 Å². The highest BCUT2D eigenvalue weighted by atomic mass is 32.2. The Hall–Kier alpha value is -0.130. The first-order valence-electron chi connectivity index (χ1n) is 7.08. The summed E-state index contributed by atoms with van der Waals surface area (Å²) in [6, 6.07) is 0. The van der Waals surface area contributed by atoms with Gasteiger partial charge in [0.15, 0.2) is 0 Å². The molecule has 0 spiro atoms. The molecule has 1 aliphatic rings. The Morgan fingerprint density at radius 1 is 1.28 bits per heavy atom. The van der Waals surface area contributed by atoms with E-state index < -0.39 is 10.0 Å². The molecule has 0 aromatic heterocycles. The summed E-state index contributed by atoms with van der Waals surface area (Å²) in [5.74, 6) is 1.45. The van der Waals surface area contributed by atoms with Crippen molar-refractivity contribution in [3.63, 3.8) is 0 Å². The molecular formula is C13H28N2O2S. The van der Waals surface area contributed by atoms with E-state index in [0.717, 1.165) is 45.3 Å². The van der Waals surface area contributed by atoms with Crippen LogP contribution in [0.15, 0.2) is 0 Å². The Bertz CT molecular complexity index is 320. The summed E-state index contributed by atoms with van der Waals surface area (Å²) in [6.07, 6.45) is 3.96. The fourth-order valence-corrected chi connectivity index (χ4v) is 4.13. The number of rotatable bonds is 7. The van der Waals surface area contributed by atoms with Gasteiger partial charge in [0, 0.05) is 13.1 Å². The van der Waals surface area contributed by atoms with Crippen LogP contribution in [0.25, 0.3) is 0 Å². The Morgan fingerprint density at radius 3 is 2.39 bits per heavy atom. The monoisotopic (exact) mass is 276 g/mol. The average Bonchev–Trinajstić information content (AvgIpc) is 2.34. The van der Waals surface area contributed by atoms with Gasteiger partial charge >= 0.3 is 0 Å². The van der Waals surface area contributed by atoms with E-state index in [2.05, 4.69) is 19.2 Å². The summed E-state index contributed by atoms with van der Waals surface area (Å²) in [4.78, 5) is 0. The van der Waals surface area contributed by atoms with E-state index in [1.807, 2.05) is 7.05 Å². The van der Waals surface area contributed by atoms with Crippen LogP contribution in [0.5, 0.6) is 0 Å². The molecule has 1 heterocycles. The van der Waals surface area contributed by atoms with Gasteiger partial charge in [0.25, 0.3) is 0 Å². The van der Waals surface area contributed by atoms with Gasteiger partial charge in [-0.05, 0) is 51.1 Å². The molecule has 0 aliphatic carbocycles. The van der Waals surface area contributed by atoms with E-state index >= 15 is 0 Å². The molecule has 0 atom stereocenters. The molecule has 0 aromatic carbocycles. The zero-order chi connectivity index (χ0) is 13.6. The summed E-state index contributed by atoms with van der Waals surface area (Å²) in [5.41, 5.74) is 0. The first-order chi connectivity index (χ1) is 8.45. The molecule has 0 bridgehead atoms. The van der Waals surface area contributed by atoms with Crippen molar-refractivity contribution in [1.82, 2.24) is 9.62 Å². The van der Waals surface area contributed by atoms with Gasteiger partial charge in [-0.3, -0.25) is 0 Å². The van der Waals surface area contributed by atoms with E-state index in [0.29, 0.717) is 17.6 Å². The first-order valence-corrected chi connectivity index (χ1v) is 8.69. The van der Waals surface area contributed by atoms with E-state index in [1.54, 1.807) is 4.31 Å². The van der Waals surface area contributed by atoms with Crippen molar-refractivity contribution in [2.75, 3.05) is 32.4 Å². The summed E-state index contributed by atoms with van der Waals surface area (Å²) in [6.45, 7) is 6.60. The van der Waals surface area contributed by atoms with Crippen molar-refractivity contribution < 1.29 is 8.42 Å². The van der Waals surface area contributed by atoms with Crippen LogP contribution in [-0.2, 0) is 10.0 Å². The molecule has 1 saturated heterocycles. The van der Waals surface area contributed by atoms with Gasteiger partial charge in [-0.1, -0.05) is 13.8 Å². The minimum atomic E-state index is -3.00. The molecule has 1 rings (SSSR count). The Morgan fingerprint density at radius 2 is 1.89 bits per heavy atom. The number of hydrogen-bond acceptors (Lipinski definition) is 3. The lowest BCUT2D eigenvalue weighted by Gasteiger charge is -2.31. The van der Waals surface area contributed by atoms with Gasteiger partial charge in [0.05, 0.1) is 5.75 Å². The van der Waals surface area contributed by atoms with Gasteiger partial charge in [-0.15, -0.1) is 0 Å². The molecule has 0 radical (unpaired) electrons. The smallest absolute Gasteiger partial charge is 0.214 e. The number of nitrogens with one attached hydrogen (secondary N) is 1. The molecule has 4 nitrogen and oxygen atoms in total. The Balaban J connectivity index is 2.37. The number of sulfonamides is 1. The van der Waals surface area contributed by atoms with Crippen LogP contribution in [-0.4, -0.2) is 45.2 Å². The van der Waals surface area contributed by atoms with Gasteiger partial charge in [0.1, 0.15) is 0 Å². The van der Waals surface area contributed by atoms with E-state index in [4.69, 9.17) is 0 Å². The molecular weight excluding hydrogens is 248 g/mol. The standard InChI is InChI=1S/C13H28N2O2S/c1-12(2)7-11-18(16,17)15-9-5-13(6-10-15)4-8-14-3/h12-14H,4-11H2,1-3H3. The minimum Gasteiger partial charge on any atom is -0.320 e. The fourth-order valence-electron chi connectivity index (χ4n) is 2.34. The number of nitrogens with zero attached hydrogens (tertiary/aromatic N) is 1. The summed E-state index contributed by atoms with van der Waals surface area (Å²) < 4.78 is 25.9. The van der Waals surface area contributed by atoms with Crippen LogP contribution < -0.4 is 5.32 Å². The van der Waals surface area contributed by atoms with Gasteiger partial charge in [-0.2, -0.15) is 0 Å². The SMILES string of the molecule is CNCCC1CCN(S(=O)(=O)CCC(C)C)CC1. The van der Waals surface area contributed by atoms with Crippen molar-refractivity contribution in [2.24, 2.45) is 11.8 Å². The first kappa shape index (κ1) is 15.9. The summed E-state index contributed by atoms with van der Waals surface area (Å²) in [5, 5.41) is 3.16.